The minimum absolute atomic E-state index is 0.136. The van der Waals surface area contributed by atoms with E-state index in [2.05, 4.69) is 21.5 Å². The molecule has 0 saturated carbocycles. The molecule has 10 nitrogen and oxygen atoms in total. The summed E-state index contributed by atoms with van der Waals surface area (Å²) < 4.78 is 9.38. The number of benzene rings is 1. The molecule has 1 saturated heterocycles. The van der Waals surface area contributed by atoms with Gasteiger partial charge in [-0.1, -0.05) is 12.1 Å². The number of amides is 1. The Morgan fingerprint density at radius 1 is 1.16 bits per heavy atom. The van der Waals surface area contributed by atoms with Crippen molar-refractivity contribution in [3.8, 4) is 28.3 Å². The van der Waals surface area contributed by atoms with Crippen LogP contribution in [0.1, 0.15) is 37.1 Å². The summed E-state index contributed by atoms with van der Waals surface area (Å²) in [7, 11) is 3.65. The monoisotopic (exact) mass is 498 g/mol. The van der Waals surface area contributed by atoms with Gasteiger partial charge in [0.1, 0.15) is 5.75 Å². The zero-order chi connectivity index (χ0) is 25.5. The highest BCUT2D eigenvalue weighted by atomic mass is 16.5. The maximum atomic E-state index is 11.6. The molecule has 1 aliphatic heterocycles. The van der Waals surface area contributed by atoms with Crippen molar-refractivity contribution < 1.29 is 9.53 Å². The van der Waals surface area contributed by atoms with E-state index in [1.54, 1.807) is 20.2 Å². The zero-order valence-electron chi connectivity index (χ0n) is 21.3. The second-order valence-electron chi connectivity index (χ2n) is 9.66. The number of carbonyl (C=O) groups excluding carboxylic acids is 1. The molecule has 10 heteroatoms. The summed E-state index contributed by atoms with van der Waals surface area (Å²) in [6.07, 6.45) is 9.21. The number of fused-ring (bicyclic) bond motifs is 3. The minimum atomic E-state index is 0.136. The number of aromatic nitrogens is 6. The Labute approximate surface area is 215 Å². The molecule has 3 aromatic heterocycles. The number of aryl methyl sites for hydroxylation is 3. The molecule has 1 fully saturated rings. The molecule has 6 rings (SSSR count). The first-order chi connectivity index (χ1) is 18.0. The first-order valence-electron chi connectivity index (χ1n) is 12.6. The number of hydrogen-bond acceptors (Lipinski definition) is 7. The molecule has 1 N–H and O–H groups in total. The summed E-state index contributed by atoms with van der Waals surface area (Å²) in [4.78, 5) is 23.1. The van der Waals surface area contributed by atoms with Crippen molar-refractivity contribution in [3.63, 3.8) is 0 Å². The summed E-state index contributed by atoms with van der Waals surface area (Å²) in [6.45, 7) is 3.15. The third kappa shape index (κ3) is 4.32. The van der Waals surface area contributed by atoms with Crippen LogP contribution in [-0.4, -0.2) is 60.5 Å². The van der Waals surface area contributed by atoms with Crippen LogP contribution < -0.4 is 10.1 Å². The molecule has 0 spiro atoms. The Kier molecular flexibility index (Phi) is 5.86. The fraction of sp³-hybridized carbons (Fsp3) is 0.370. The molecule has 0 bridgehead atoms. The molecule has 0 radical (unpaired) electrons. The molecular weight excluding hydrogens is 468 g/mol. The first kappa shape index (κ1) is 23.2. The van der Waals surface area contributed by atoms with Crippen molar-refractivity contribution in [1.82, 2.24) is 34.4 Å². The van der Waals surface area contributed by atoms with Crippen LogP contribution in [0, 0.1) is 0 Å². The molecule has 2 aliphatic rings. The number of likely N-dealkylation sites (tertiary alicyclic amines) is 1. The van der Waals surface area contributed by atoms with Gasteiger partial charge in [0.25, 0.3) is 0 Å². The van der Waals surface area contributed by atoms with Gasteiger partial charge < -0.3 is 15.0 Å². The molecule has 37 heavy (non-hydrogen) atoms. The number of methoxy groups -OCH3 is 1. The maximum Gasteiger partial charge on any atom is 0.227 e. The van der Waals surface area contributed by atoms with Gasteiger partial charge in [-0.15, -0.1) is 0 Å². The van der Waals surface area contributed by atoms with Crippen LogP contribution in [0.2, 0.25) is 0 Å². The second kappa shape index (κ2) is 9.34. The molecule has 0 unspecified atom stereocenters. The fourth-order valence-corrected chi connectivity index (χ4v) is 5.40. The summed E-state index contributed by atoms with van der Waals surface area (Å²) in [6, 6.07) is 8.31. The second-order valence-corrected chi connectivity index (χ2v) is 9.66. The van der Waals surface area contributed by atoms with E-state index in [0.29, 0.717) is 5.95 Å². The lowest BCUT2D eigenvalue weighted by Gasteiger charge is -2.31. The predicted molar refractivity (Wildman–Crippen MR) is 140 cm³/mol. The summed E-state index contributed by atoms with van der Waals surface area (Å²) in [5.41, 5.74) is 7.01. The van der Waals surface area contributed by atoms with E-state index in [-0.39, 0.29) is 11.9 Å². The molecule has 1 aromatic carbocycles. The average Bonchev–Trinajstić information content (AvgIpc) is 3.52. The lowest BCUT2D eigenvalue weighted by atomic mass is 9.91. The average molecular weight is 499 g/mol. The van der Waals surface area contributed by atoms with Gasteiger partial charge in [0.15, 0.2) is 0 Å². The molecular formula is C27H30N8O2. The smallest absolute Gasteiger partial charge is 0.227 e. The van der Waals surface area contributed by atoms with E-state index in [9.17, 15) is 4.79 Å². The molecule has 0 atom stereocenters. The molecule has 190 valence electrons. The van der Waals surface area contributed by atoms with E-state index in [1.807, 2.05) is 51.9 Å². The van der Waals surface area contributed by atoms with Crippen LogP contribution in [0.25, 0.3) is 22.5 Å². The highest BCUT2D eigenvalue weighted by Crippen LogP contribution is 2.40. The Bertz CT molecular complexity index is 1470. The number of ether oxygens (including phenoxy) is 1. The number of nitrogens with one attached hydrogen (secondary N) is 1. The van der Waals surface area contributed by atoms with Crippen LogP contribution in [0.4, 0.5) is 11.6 Å². The lowest BCUT2D eigenvalue weighted by molar-refractivity contribution is -0.130. The normalized spacial score (nSPS) is 15.3. The number of piperidine rings is 1. The van der Waals surface area contributed by atoms with E-state index in [1.165, 1.54) is 0 Å². The van der Waals surface area contributed by atoms with Crippen LogP contribution >= 0.6 is 0 Å². The number of anilines is 2. The number of rotatable bonds is 5. The summed E-state index contributed by atoms with van der Waals surface area (Å²) >= 11 is 0. The number of hydrogen-bond donors (Lipinski definition) is 1. The SMILES string of the molecule is COc1cccc(-c2c3c(nn2C)CCc2cnc(Nc4cnn(C5CCN(C(C)=O)CC5)c4)nc2-3)c1. The van der Waals surface area contributed by atoms with Crippen molar-refractivity contribution in [2.24, 2.45) is 7.05 Å². The number of nitrogens with zero attached hydrogens (tertiary/aromatic N) is 7. The Morgan fingerprint density at radius 3 is 2.78 bits per heavy atom. The van der Waals surface area contributed by atoms with Crippen molar-refractivity contribution >= 4 is 17.5 Å². The minimum Gasteiger partial charge on any atom is -0.497 e. The third-order valence-electron chi connectivity index (χ3n) is 7.34. The Hall–Kier alpha value is -4.21. The lowest BCUT2D eigenvalue weighted by Crippen LogP contribution is -2.37. The van der Waals surface area contributed by atoms with Crippen LogP contribution in [-0.2, 0) is 24.7 Å². The van der Waals surface area contributed by atoms with Gasteiger partial charge in [-0.3, -0.25) is 14.2 Å². The van der Waals surface area contributed by atoms with Crippen molar-refractivity contribution in [2.45, 2.75) is 38.6 Å². The highest BCUT2D eigenvalue weighted by Gasteiger charge is 2.27. The Morgan fingerprint density at radius 2 is 2.00 bits per heavy atom. The van der Waals surface area contributed by atoms with Crippen molar-refractivity contribution in [2.75, 3.05) is 25.5 Å². The van der Waals surface area contributed by atoms with E-state index in [0.717, 1.165) is 84.0 Å². The molecule has 1 amide bonds. The summed E-state index contributed by atoms with van der Waals surface area (Å²) in [5, 5.41) is 12.7. The van der Waals surface area contributed by atoms with E-state index >= 15 is 0 Å². The molecule has 4 aromatic rings. The van der Waals surface area contributed by atoms with Crippen molar-refractivity contribution in [1.29, 1.82) is 0 Å². The van der Waals surface area contributed by atoms with Gasteiger partial charge in [0.2, 0.25) is 11.9 Å². The molecule has 1 aliphatic carbocycles. The topological polar surface area (TPSA) is 103 Å². The summed E-state index contributed by atoms with van der Waals surface area (Å²) in [5.74, 6) is 1.47. The van der Waals surface area contributed by atoms with Gasteiger partial charge in [0, 0.05) is 50.6 Å². The van der Waals surface area contributed by atoms with Crippen LogP contribution in [0.5, 0.6) is 5.75 Å². The standard InChI is InChI=1S/C27H30N8O2/c1-17(36)34-11-9-21(10-12-34)35-16-20(15-29-35)30-27-28-14-19-7-8-23-24(25(19)31-27)26(33(2)32-23)18-5-4-6-22(13-18)37-3/h4-6,13-16,21H,7-12H2,1-3H3,(H,28,30,31). The van der Waals surface area contributed by atoms with Gasteiger partial charge in [-0.05, 0) is 43.4 Å². The van der Waals surface area contributed by atoms with E-state index < -0.39 is 0 Å². The van der Waals surface area contributed by atoms with Crippen molar-refractivity contribution in [3.05, 3.63) is 54.1 Å². The third-order valence-corrected chi connectivity index (χ3v) is 7.34. The van der Waals surface area contributed by atoms with Gasteiger partial charge in [-0.25, -0.2) is 9.97 Å². The zero-order valence-corrected chi connectivity index (χ0v) is 21.3. The van der Waals surface area contributed by atoms with Gasteiger partial charge in [0.05, 0.1) is 42.1 Å². The highest BCUT2D eigenvalue weighted by molar-refractivity contribution is 5.84. The van der Waals surface area contributed by atoms with Gasteiger partial charge >= 0.3 is 0 Å². The number of carbonyl (C=O) groups is 1. The van der Waals surface area contributed by atoms with E-state index in [4.69, 9.17) is 14.8 Å². The quantitative estimate of drug-likeness (QED) is 0.447. The predicted octanol–water partition coefficient (Wildman–Crippen LogP) is 3.77. The fourth-order valence-electron chi connectivity index (χ4n) is 5.40. The van der Waals surface area contributed by atoms with Crippen LogP contribution in [0.3, 0.4) is 0 Å². The van der Waals surface area contributed by atoms with Crippen LogP contribution in [0.15, 0.2) is 42.9 Å². The van der Waals surface area contributed by atoms with Gasteiger partial charge in [-0.2, -0.15) is 10.2 Å². The first-order valence-corrected chi connectivity index (χ1v) is 12.6. The maximum absolute atomic E-state index is 11.6. The largest absolute Gasteiger partial charge is 0.497 e. The molecule has 4 heterocycles. The Balaban J connectivity index is 1.28.